The number of carbonyl (C=O) groups is 2. The maximum absolute atomic E-state index is 12.6. The third-order valence-electron chi connectivity index (χ3n) is 4.02. The molecule has 0 radical (unpaired) electrons. The Kier molecular flexibility index (Phi) is 4.81. The second-order valence-electron chi connectivity index (χ2n) is 5.58. The van der Waals surface area contributed by atoms with Crippen molar-refractivity contribution >= 4 is 11.8 Å². The predicted octanol–water partition coefficient (Wildman–Crippen LogP) is 0.152. The van der Waals surface area contributed by atoms with Crippen LogP contribution < -0.4 is 5.32 Å². The van der Waals surface area contributed by atoms with Crippen LogP contribution in [0.1, 0.15) is 21.6 Å². The van der Waals surface area contributed by atoms with Crippen LogP contribution in [0.15, 0.2) is 42.9 Å². The Morgan fingerprint density at radius 1 is 1.25 bits per heavy atom. The number of aromatic nitrogens is 2. The summed E-state index contributed by atoms with van der Waals surface area (Å²) in [5.41, 5.74) is 2.42. The van der Waals surface area contributed by atoms with Crippen LogP contribution in [0.2, 0.25) is 0 Å². The second kappa shape index (κ2) is 7.18. The van der Waals surface area contributed by atoms with Gasteiger partial charge in [0.05, 0.1) is 12.8 Å². The van der Waals surface area contributed by atoms with E-state index in [9.17, 15) is 14.7 Å². The molecule has 0 saturated carbocycles. The van der Waals surface area contributed by atoms with Gasteiger partial charge in [-0.25, -0.2) is 4.98 Å². The summed E-state index contributed by atoms with van der Waals surface area (Å²) in [5, 5.41) is 12.0. The highest BCUT2D eigenvalue weighted by Gasteiger charge is 2.28. The zero-order chi connectivity index (χ0) is 16.9. The number of benzene rings is 1. The molecule has 0 fully saturated rings. The summed E-state index contributed by atoms with van der Waals surface area (Å²) in [6, 6.07) is 6.96. The average molecular weight is 326 g/mol. The van der Waals surface area contributed by atoms with Gasteiger partial charge in [-0.15, -0.1) is 0 Å². The van der Waals surface area contributed by atoms with E-state index in [-0.39, 0.29) is 11.6 Å². The highest BCUT2D eigenvalue weighted by Crippen LogP contribution is 2.19. The molecule has 0 aliphatic carbocycles. The minimum Gasteiger partial charge on any atom is -0.394 e. The molecule has 3 rings (SSSR count). The summed E-state index contributed by atoms with van der Waals surface area (Å²) in [7, 11) is 0. The maximum Gasteiger partial charge on any atom is 0.272 e. The van der Waals surface area contributed by atoms with Gasteiger partial charge in [-0.1, -0.05) is 24.3 Å². The molecule has 1 aromatic heterocycles. The van der Waals surface area contributed by atoms with Crippen molar-refractivity contribution in [1.29, 1.82) is 0 Å². The van der Waals surface area contributed by atoms with Crippen molar-refractivity contribution in [3.63, 3.8) is 0 Å². The zero-order valence-electron chi connectivity index (χ0n) is 13.1. The number of amides is 2. The van der Waals surface area contributed by atoms with Crippen LogP contribution in [0.4, 0.5) is 0 Å². The lowest BCUT2D eigenvalue weighted by Gasteiger charge is -2.31. The standard InChI is InChI=1S/C17H18N4O3/c22-11-15(20-16(23)14-9-18-6-7-19-14)17(24)21-8-5-12-3-1-2-4-13(12)10-21/h1-4,6-7,9,15,22H,5,8,10-11H2,(H,20,23)/t15-/m0/s1. The number of carbonyl (C=O) groups excluding carboxylic acids is 2. The van der Waals surface area contributed by atoms with Crippen LogP contribution in [0, 0.1) is 0 Å². The van der Waals surface area contributed by atoms with Crippen LogP contribution in [0.5, 0.6) is 0 Å². The molecule has 0 bridgehead atoms. The molecule has 1 aliphatic rings. The molecule has 2 heterocycles. The Morgan fingerprint density at radius 2 is 2.04 bits per heavy atom. The number of aliphatic hydroxyl groups is 1. The van der Waals surface area contributed by atoms with E-state index < -0.39 is 18.6 Å². The Morgan fingerprint density at radius 3 is 2.75 bits per heavy atom. The van der Waals surface area contributed by atoms with E-state index in [1.54, 1.807) is 4.90 Å². The summed E-state index contributed by atoms with van der Waals surface area (Å²) in [6.45, 7) is 0.572. The lowest BCUT2D eigenvalue weighted by Crippen LogP contribution is -2.51. The first-order valence-corrected chi connectivity index (χ1v) is 7.72. The Bertz CT molecular complexity index is 736. The van der Waals surface area contributed by atoms with Gasteiger partial charge < -0.3 is 15.3 Å². The molecule has 1 atom stereocenters. The molecular weight excluding hydrogens is 308 g/mol. The van der Waals surface area contributed by atoms with Crippen LogP contribution in [0.25, 0.3) is 0 Å². The third-order valence-corrected chi connectivity index (χ3v) is 4.02. The fourth-order valence-electron chi connectivity index (χ4n) is 2.74. The van der Waals surface area contributed by atoms with E-state index >= 15 is 0 Å². The molecule has 2 amide bonds. The van der Waals surface area contributed by atoms with Crippen LogP contribution in [-0.4, -0.2) is 51.0 Å². The van der Waals surface area contributed by atoms with Gasteiger partial charge in [0.25, 0.3) is 5.91 Å². The van der Waals surface area contributed by atoms with Crippen LogP contribution in [0.3, 0.4) is 0 Å². The van der Waals surface area contributed by atoms with Crippen molar-refractivity contribution in [3.8, 4) is 0 Å². The highest BCUT2D eigenvalue weighted by atomic mass is 16.3. The number of hydrogen-bond donors (Lipinski definition) is 2. The first kappa shape index (κ1) is 16.1. The lowest BCUT2D eigenvalue weighted by molar-refractivity contribution is -0.135. The van der Waals surface area contributed by atoms with Crippen molar-refractivity contribution in [2.24, 2.45) is 0 Å². The van der Waals surface area contributed by atoms with E-state index in [0.29, 0.717) is 13.1 Å². The van der Waals surface area contributed by atoms with E-state index in [1.165, 1.54) is 24.2 Å². The van der Waals surface area contributed by atoms with Gasteiger partial charge in [-0.2, -0.15) is 0 Å². The van der Waals surface area contributed by atoms with Gasteiger partial charge in [0, 0.05) is 25.5 Å². The molecule has 0 spiro atoms. The van der Waals surface area contributed by atoms with Gasteiger partial charge in [0.15, 0.2) is 0 Å². The van der Waals surface area contributed by atoms with Crippen molar-refractivity contribution in [2.45, 2.75) is 19.0 Å². The van der Waals surface area contributed by atoms with Crippen molar-refractivity contribution < 1.29 is 14.7 Å². The SMILES string of the molecule is O=C(N[C@@H](CO)C(=O)N1CCc2ccccc2C1)c1cnccn1. The van der Waals surface area contributed by atoms with E-state index in [0.717, 1.165) is 12.0 Å². The molecule has 0 saturated heterocycles. The molecule has 124 valence electrons. The molecule has 7 nitrogen and oxygen atoms in total. The van der Waals surface area contributed by atoms with Gasteiger partial charge in [0.1, 0.15) is 11.7 Å². The number of rotatable bonds is 4. The van der Waals surface area contributed by atoms with Crippen LogP contribution >= 0.6 is 0 Å². The summed E-state index contributed by atoms with van der Waals surface area (Å²) in [6.07, 6.45) is 4.92. The monoisotopic (exact) mass is 326 g/mol. The number of nitrogens with one attached hydrogen (secondary N) is 1. The molecular formula is C17H18N4O3. The van der Waals surface area contributed by atoms with Gasteiger partial charge in [-0.3, -0.25) is 14.6 Å². The number of fused-ring (bicyclic) bond motifs is 1. The topological polar surface area (TPSA) is 95.4 Å². The largest absolute Gasteiger partial charge is 0.394 e. The lowest BCUT2D eigenvalue weighted by atomic mass is 9.99. The van der Waals surface area contributed by atoms with Gasteiger partial charge in [0.2, 0.25) is 5.91 Å². The maximum atomic E-state index is 12.6. The molecule has 1 aromatic carbocycles. The Balaban J connectivity index is 1.68. The third kappa shape index (κ3) is 3.41. The molecule has 2 aromatic rings. The molecule has 2 N–H and O–H groups in total. The quantitative estimate of drug-likeness (QED) is 0.834. The molecule has 0 unspecified atom stereocenters. The van der Waals surface area contributed by atoms with Crippen LogP contribution in [-0.2, 0) is 17.8 Å². The zero-order valence-corrected chi connectivity index (χ0v) is 13.1. The molecule has 24 heavy (non-hydrogen) atoms. The number of nitrogens with zero attached hydrogens (tertiary/aromatic N) is 3. The average Bonchev–Trinajstić information content (AvgIpc) is 2.65. The van der Waals surface area contributed by atoms with Crippen molar-refractivity contribution in [1.82, 2.24) is 20.2 Å². The Labute approximate surface area is 139 Å². The normalized spacial score (nSPS) is 14.6. The molecule has 1 aliphatic heterocycles. The minimum atomic E-state index is -0.996. The number of hydrogen-bond acceptors (Lipinski definition) is 5. The second-order valence-corrected chi connectivity index (χ2v) is 5.58. The van der Waals surface area contributed by atoms with Gasteiger partial charge in [-0.05, 0) is 17.5 Å². The van der Waals surface area contributed by atoms with E-state index in [1.807, 2.05) is 18.2 Å². The first-order valence-electron chi connectivity index (χ1n) is 7.72. The Hall–Kier alpha value is -2.80. The first-order chi connectivity index (χ1) is 11.7. The number of aliphatic hydroxyl groups excluding tert-OH is 1. The summed E-state index contributed by atoms with van der Waals surface area (Å²) in [5.74, 6) is -0.836. The van der Waals surface area contributed by atoms with E-state index in [4.69, 9.17) is 0 Å². The minimum absolute atomic E-state index is 0.104. The van der Waals surface area contributed by atoms with Crippen molar-refractivity contribution in [2.75, 3.05) is 13.2 Å². The fourth-order valence-corrected chi connectivity index (χ4v) is 2.74. The highest BCUT2D eigenvalue weighted by molar-refractivity contribution is 5.96. The summed E-state index contributed by atoms with van der Waals surface area (Å²) < 4.78 is 0. The molecule has 7 heteroatoms. The summed E-state index contributed by atoms with van der Waals surface area (Å²) in [4.78, 5) is 34.1. The predicted molar refractivity (Wildman–Crippen MR) is 85.9 cm³/mol. The fraction of sp³-hybridized carbons (Fsp3) is 0.294. The van der Waals surface area contributed by atoms with Crippen molar-refractivity contribution in [3.05, 3.63) is 59.7 Å². The summed E-state index contributed by atoms with van der Waals surface area (Å²) >= 11 is 0. The van der Waals surface area contributed by atoms with E-state index in [2.05, 4.69) is 21.4 Å². The van der Waals surface area contributed by atoms with Gasteiger partial charge >= 0.3 is 0 Å². The smallest absolute Gasteiger partial charge is 0.272 e.